The predicted octanol–water partition coefficient (Wildman–Crippen LogP) is 6.36. The molecule has 0 aliphatic heterocycles. The van der Waals surface area contributed by atoms with Gasteiger partial charge in [0, 0.05) is 6.54 Å². The Labute approximate surface area is 166 Å². The summed E-state index contributed by atoms with van der Waals surface area (Å²) in [6.07, 6.45) is 0. The van der Waals surface area contributed by atoms with Crippen LogP contribution in [0.15, 0.2) is 84.9 Å². The van der Waals surface area contributed by atoms with Gasteiger partial charge in [-0.15, -0.1) is 0 Å². The zero-order valence-electron chi connectivity index (χ0n) is 16.2. The molecule has 1 heterocycles. The molecule has 0 saturated heterocycles. The molecule has 0 spiro atoms. The molecule has 0 fully saturated rings. The van der Waals surface area contributed by atoms with Gasteiger partial charge in [0.1, 0.15) is 6.07 Å². The van der Waals surface area contributed by atoms with Crippen molar-refractivity contribution in [2.24, 2.45) is 0 Å². The molecule has 0 amide bonds. The van der Waals surface area contributed by atoms with Gasteiger partial charge in [0.05, 0.1) is 17.0 Å². The number of aryl methyl sites for hydroxylation is 2. The van der Waals surface area contributed by atoms with Crippen LogP contribution in [-0.2, 0) is 6.54 Å². The van der Waals surface area contributed by atoms with E-state index in [2.05, 4.69) is 97.3 Å². The van der Waals surface area contributed by atoms with Crippen LogP contribution in [0.1, 0.15) is 22.3 Å². The number of hydrogen-bond acceptors (Lipinski definition) is 1. The Morgan fingerprint density at radius 3 is 1.89 bits per heavy atom. The quantitative estimate of drug-likeness (QED) is 0.415. The largest absolute Gasteiger partial charge is 0.335 e. The minimum atomic E-state index is 0.704. The molecule has 0 radical (unpaired) electrons. The van der Waals surface area contributed by atoms with E-state index in [0.717, 1.165) is 29.1 Å². The number of nitrogens with zero attached hydrogens (tertiary/aromatic N) is 2. The lowest BCUT2D eigenvalue weighted by Crippen LogP contribution is -2.04. The Morgan fingerprint density at radius 2 is 1.32 bits per heavy atom. The third kappa shape index (κ3) is 3.48. The molecule has 4 aromatic rings. The molecule has 28 heavy (non-hydrogen) atoms. The van der Waals surface area contributed by atoms with Gasteiger partial charge in [0.25, 0.3) is 0 Å². The van der Waals surface area contributed by atoms with Crippen LogP contribution < -0.4 is 0 Å². The molecule has 0 unspecified atom stereocenters. The third-order valence-corrected chi connectivity index (χ3v) is 5.07. The van der Waals surface area contributed by atoms with Gasteiger partial charge < -0.3 is 4.57 Å². The van der Waals surface area contributed by atoms with Crippen molar-refractivity contribution < 1.29 is 0 Å². The minimum Gasteiger partial charge on any atom is -0.335 e. The molecule has 1 aromatic heterocycles. The lowest BCUT2D eigenvalue weighted by Gasteiger charge is -2.15. The van der Waals surface area contributed by atoms with Crippen LogP contribution in [0.3, 0.4) is 0 Å². The highest BCUT2D eigenvalue weighted by atomic mass is 15.0. The molecular weight excluding hydrogens is 340 g/mol. The second-order valence-corrected chi connectivity index (χ2v) is 7.21. The molecule has 0 bridgehead atoms. The van der Waals surface area contributed by atoms with Crippen LogP contribution in [0, 0.1) is 25.2 Å². The summed E-state index contributed by atoms with van der Waals surface area (Å²) in [6.45, 7) is 4.88. The normalized spacial score (nSPS) is 10.6. The Hall–Kier alpha value is -3.57. The molecule has 2 nitrogen and oxygen atoms in total. The lowest BCUT2D eigenvalue weighted by molar-refractivity contribution is 0.821. The van der Waals surface area contributed by atoms with Gasteiger partial charge >= 0.3 is 0 Å². The van der Waals surface area contributed by atoms with Gasteiger partial charge in [-0.1, -0.05) is 90.0 Å². The molecule has 0 saturated carbocycles. The number of benzene rings is 3. The van der Waals surface area contributed by atoms with Crippen molar-refractivity contribution in [3.8, 4) is 28.6 Å². The van der Waals surface area contributed by atoms with E-state index in [1.54, 1.807) is 0 Å². The van der Waals surface area contributed by atoms with E-state index in [-0.39, 0.29) is 0 Å². The Bertz CT molecular complexity index is 1130. The summed E-state index contributed by atoms with van der Waals surface area (Å²) >= 11 is 0. The van der Waals surface area contributed by atoms with E-state index >= 15 is 0 Å². The molecular formula is C26H22N2. The van der Waals surface area contributed by atoms with Gasteiger partial charge in [-0.2, -0.15) is 5.26 Å². The highest BCUT2D eigenvalue weighted by Gasteiger charge is 2.18. The van der Waals surface area contributed by atoms with Crippen molar-refractivity contribution in [3.63, 3.8) is 0 Å². The van der Waals surface area contributed by atoms with E-state index in [0.29, 0.717) is 5.56 Å². The zero-order valence-corrected chi connectivity index (χ0v) is 16.2. The summed E-state index contributed by atoms with van der Waals surface area (Å²) in [5, 5.41) is 9.87. The molecule has 2 heteroatoms. The maximum absolute atomic E-state index is 9.87. The molecule has 136 valence electrons. The van der Waals surface area contributed by atoms with Gasteiger partial charge in [0.2, 0.25) is 0 Å². The van der Waals surface area contributed by atoms with Crippen LogP contribution in [0.4, 0.5) is 0 Å². The second kappa shape index (κ2) is 7.58. The third-order valence-electron chi connectivity index (χ3n) is 5.07. The predicted molar refractivity (Wildman–Crippen MR) is 115 cm³/mol. The van der Waals surface area contributed by atoms with E-state index in [9.17, 15) is 5.26 Å². The van der Waals surface area contributed by atoms with E-state index < -0.39 is 0 Å². The number of hydrogen-bond donors (Lipinski definition) is 0. The highest BCUT2D eigenvalue weighted by Crippen LogP contribution is 2.34. The number of aromatic nitrogens is 1. The van der Waals surface area contributed by atoms with Crippen LogP contribution in [0.2, 0.25) is 0 Å². The maximum atomic E-state index is 9.87. The fourth-order valence-electron chi connectivity index (χ4n) is 3.55. The van der Waals surface area contributed by atoms with Crippen molar-refractivity contribution in [1.82, 2.24) is 4.57 Å². The molecule has 0 N–H and O–H groups in total. The summed E-state index contributed by atoms with van der Waals surface area (Å²) in [5.41, 5.74) is 8.58. The van der Waals surface area contributed by atoms with Crippen LogP contribution in [0.25, 0.3) is 22.5 Å². The van der Waals surface area contributed by atoms with E-state index in [4.69, 9.17) is 0 Å². The average molecular weight is 362 g/mol. The van der Waals surface area contributed by atoms with Gasteiger partial charge in [0.15, 0.2) is 0 Å². The first-order chi connectivity index (χ1) is 13.7. The van der Waals surface area contributed by atoms with Gasteiger partial charge in [-0.05, 0) is 36.6 Å². The molecule has 3 aromatic carbocycles. The zero-order chi connectivity index (χ0) is 19.5. The standard InChI is InChI=1S/C26H22N2/c1-19-8-12-22(13-9-19)25-16-24(17-27)26(23-14-10-20(2)11-15-23)28(25)18-21-6-4-3-5-7-21/h3-16H,18H2,1-2H3. The second-order valence-electron chi connectivity index (χ2n) is 7.21. The highest BCUT2D eigenvalue weighted by molar-refractivity contribution is 5.76. The number of rotatable bonds is 4. The fourth-order valence-corrected chi connectivity index (χ4v) is 3.55. The summed E-state index contributed by atoms with van der Waals surface area (Å²) in [6, 6.07) is 31.7. The Balaban J connectivity index is 1.94. The van der Waals surface area contributed by atoms with Crippen molar-refractivity contribution in [3.05, 3.63) is 107 Å². The first-order valence-electron chi connectivity index (χ1n) is 9.47. The maximum Gasteiger partial charge on any atom is 0.101 e. The van der Waals surface area contributed by atoms with Crippen LogP contribution in [0.5, 0.6) is 0 Å². The molecule has 4 rings (SSSR count). The van der Waals surface area contributed by atoms with E-state index in [1.165, 1.54) is 16.7 Å². The number of nitriles is 1. The topological polar surface area (TPSA) is 28.7 Å². The van der Waals surface area contributed by atoms with Gasteiger partial charge in [-0.25, -0.2) is 0 Å². The van der Waals surface area contributed by atoms with Crippen LogP contribution >= 0.6 is 0 Å². The monoisotopic (exact) mass is 362 g/mol. The van der Waals surface area contributed by atoms with E-state index in [1.807, 2.05) is 12.1 Å². The molecule has 0 aliphatic rings. The minimum absolute atomic E-state index is 0.704. The van der Waals surface area contributed by atoms with Crippen molar-refractivity contribution in [2.75, 3.05) is 0 Å². The Morgan fingerprint density at radius 1 is 0.750 bits per heavy atom. The van der Waals surface area contributed by atoms with Crippen molar-refractivity contribution >= 4 is 0 Å². The molecule has 0 atom stereocenters. The lowest BCUT2D eigenvalue weighted by atomic mass is 10.1. The summed E-state index contributed by atoms with van der Waals surface area (Å²) in [7, 11) is 0. The summed E-state index contributed by atoms with van der Waals surface area (Å²) < 4.78 is 2.27. The first kappa shape index (κ1) is 17.8. The smallest absolute Gasteiger partial charge is 0.101 e. The fraction of sp³-hybridized carbons (Fsp3) is 0.115. The summed E-state index contributed by atoms with van der Waals surface area (Å²) in [5.74, 6) is 0. The Kier molecular flexibility index (Phi) is 4.83. The molecule has 0 aliphatic carbocycles. The van der Waals surface area contributed by atoms with Crippen molar-refractivity contribution in [1.29, 1.82) is 5.26 Å². The van der Waals surface area contributed by atoms with Crippen LogP contribution in [-0.4, -0.2) is 4.57 Å². The SMILES string of the molecule is Cc1ccc(-c2cc(C#N)c(-c3ccc(C)cc3)n2Cc2ccccc2)cc1. The van der Waals surface area contributed by atoms with Gasteiger partial charge in [-0.3, -0.25) is 0 Å². The van der Waals surface area contributed by atoms with Crippen molar-refractivity contribution in [2.45, 2.75) is 20.4 Å². The first-order valence-corrected chi connectivity index (χ1v) is 9.47. The average Bonchev–Trinajstić information content (AvgIpc) is 3.08. The summed E-state index contributed by atoms with van der Waals surface area (Å²) in [4.78, 5) is 0.